The molecular formula is C62H85FN4O10. The van der Waals surface area contributed by atoms with Gasteiger partial charge >= 0.3 is 6.09 Å². The van der Waals surface area contributed by atoms with E-state index in [9.17, 15) is 29.5 Å². The Labute approximate surface area is 456 Å². The molecule has 7 rings (SSSR count). The zero-order valence-corrected chi connectivity index (χ0v) is 45.6. The third kappa shape index (κ3) is 16.2. The zero-order chi connectivity index (χ0) is 54.4. The van der Waals surface area contributed by atoms with Gasteiger partial charge in [0.05, 0.1) is 23.2 Å². The number of aliphatic hydroxyl groups is 2. The fraction of sp³-hybridized carbons (Fsp3) is 0.597. The second-order valence-electron chi connectivity index (χ2n) is 21.8. The first-order chi connectivity index (χ1) is 37.6. The third-order valence-corrected chi connectivity index (χ3v) is 16.4. The topological polar surface area (TPSA) is 182 Å². The fourth-order valence-corrected chi connectivity index (χ4v) is 12.5. The molecule has 1 aliphatic heterocycles. The number of aliphatic hydroxyl groups excluding tert-OH is 2. The van der Waals surface area contributed by atoms with Gasteiger partial charge < -0.3 is 39.5 Å². The minimum atomic E-state index is -1.54. The lowest BCUT2D eigenvalue weighted by Crippen LogP contribution is -2.70. The van der Waals surface area contributed by atoms with Gasteiger partial charge in [0.2, 0.25) is 11.7 Å². The molecule has 2 fully saturated rings. The Bertz CT molecular complexity index is 2410. The molecule has 15 heteroatoms. The molecule has 3 aromatic rings. The first-order valence-electron chi connectivity index (χ1n) is 29.0. The Morgan fingerprint density at radius 1 is 0.883 bits per heavy atom. The van der Waals surface area contributed by atoms with Crippen molar-refractivity contribution in [2.45, 2.75) is 186 Å². The van der Waals surface area contributed by atoms with Gasteiger partial charge in [-0.1, -0.05) is 133 Å². The summed E-state index contributed by atoms with van der Waals surface area (Å²) in [4.78, 5) is 47.9. The summed E-state index contributed by atoms with van der Waals surface area (Å²) in [6.45, 7) is 7.09. The Kier molecular flexibility index (Phi) is 23.4. The van der Waals surface area contributed by atoms with E-state index in [1.165, 1.54) is 69.2 Å². The van der Waals surface area contributed by atoms with Crippen molar-refractivity contribution in [2.75, 3.05) is 26.4 Å². The van der Waals surface area contributed by atoms with Gasteiger partial charge in [-0.05, 0) is 115 Å². The number of nitro groups is 1. The molecule has 14 nitrogen and oxygen atoms in total. The number of rotatable bonds is 33. The predicted molar refractivity (Wildman–Crippen MR) is 297 cm³/mol. The van der Waals surface area contributed by atoms with Crippen molar-refractivity contribution in [1.82, 2.24) is 10.2 Å². The smallest absolute Gasteiger partial charge is 0.412 e. The van der Waals surface area contributed by atoms with Crippen molar-refractivity contribution >= 4 is 23.4 Å². The van der Waals surface area contributed by atoms with Crippen LogP contribution in [-0.2, 0) is 27.5 Å². The van der Waals surface area contributed by atoms with Gasteiger partial charge in [0, 0.05) is 62.8 Å². The molecule has 6 atom stereocenters. The average molecular weight is 1070 g/mol. The van der Waals surface area contributed by atoms with Crippen molar-refractivity contribution < 1.29 is 48.2 Å². The minimum absolute atomic E-state index is 0.0102. The van der Waals surface area contributed by atoms with E-state index in [1.807, 2.05) is 17.0 Å². The number of benzene rings is 3. The molecule has 1 heterocycles. The fourth-order valence-electron chi connectivity index (χ4n) is 12.5. The van der Waals surface area contributed by atoms with Crippen LogP contribution < -0.4 is 14.8 Å². The number of hydrogen-bond acceptors (Lipinski definition) is 11. The monoisotopic (exact) mass is 1060 g/mol. The first-order valence-corrected chi connectivity index (χ1v) is 29.0. The van der Waals surface area contributed by atoms with Gasteiger partial charge in [-0.25, -0.2) is 9.18 Å². The highest BCUT2D eigenvalue weighted by Gasteiger charge is 2.65. The first kappa shape index (κ1) is 59.0. The number of nitro benzene ring substituents is 1. The molecule has 2 amide bonds. The average Bonchev–Trinajstić information content (AvgIpc) is 3.97. The Hall–Kier alpha value is -5.64. The number of allylic oxidation sites excluding steroid dienone is 1. The molecule has 0 radical (unpaired) electrons. The molecular weight excluding hydrogens is 980 g/mol. The molecule has 2 saturated carbocycles. The van der Waals surface area contributed by atoms with Crippen LogP contribution in [0.2, 0.25) is 0 Å². The largest absolute Gasteiger partial charge is 0.459 e. The number of fused-ring (bicyclic) bond motifs is 2. The molecule has 0 bridgehead atoms. The lowest BCUT2D eigenvalue weighted by Gasteiger charge is -2.60. The Morgan fingerprint density at radius 3 is 2.23 bits per heavy atom. The van der Waals surface area contributed by atoms with Gasteiger partial charge in [-0.15, -0.1) is 6.58 Å². The normalized spacial score (nSPS) is 22.1. The van der Waals surface area contributed by atoms with Crippen molar-refractivity contribution in [3.63, 3.8) is 0 Å². The van der Waals surface area contributed by atoms with E-state index in [2.05, 4.69) is 24.9 Å². The highest BCUT2D eigenvalue weighted by atomic mass is 19.1. The molecule has 0 aromatic heterocycles. The van der Waals surface area contributed by atoms with Crippen LogP contribution in [0.3, 0.4) is 0 Å². The van der Waals surface area contributed by atoms with E-state index >= 15 is 4.79 Å². The van der Waals surface area contributed by atoms with Crippen LogP contribution in [0.4, 0.5) is 14.9 Å². The molecule has 3 aromatic carbocycles. The number of halogens is 1. The van der Waals surface area contributed by atoms with Crippen LogP contribution in [0.15, 0.2) is 96.2 Å². The summed E-state index contributed by atoms with van der Waals surface area (Å²) in [6, 6.07) is 17.0. The van der Waals surface area contributed by atoms with E-state index in [-0.39, 0.29) is 75.2 Å². The van der Waals surface area contributed by atoms with E-state index in [1.54, 1.807) is 36.4 Å². The van der Waals surface area contributed by atoms with Crippen molar-refractivity contribution in [3.8, 4) is 11.5 Å². The molecule has 4 aliphatic rings. The van der Waals surface area contributed by atoms with Crippen LogP contribution in [0.5, 0.6) is 11.5 Å². The second-order valence-corrected chi connectivity index (χ2v) is 21.8. The third-order valence-electron chi connectivity index (χ3n) is 16.4. The number of oxime groups is 1. The van der Waals surface area contributed by atoms with Gasteiger partial charge in [-0.2, -0.15) is 0 Å². The van der Waals surface area contributed by atoms with Crippen molar-refractivity contribution in [1.29, 1.82) is 0 Å². The summed E-state index contributed by atoms with van der Waals surface area (Å²) >= 11 is 0. The number of unbranched alkanes of at least 4 members (excludes halogenated alkanes) is 11. The summed E-state index contributed by atoms with van der Waals surface area (Å²) < 4.78 is 35.3. The lowest BCUT2D eigenvalue weighted by molar-refractivity contribution is -0.384. The number of ether oxygens (including phenoxy) is 3. The maximum absolute atomic E-state index is 15.3. The quantitative estimate of drug-likeness (QED) is 0.0230. The number of nitrogens with one attached hydrogen (secondary N) is 1. The summed E-state index contributed by atoms with van der Waals surface area (Å²) in [6.07, 6.45) is 25.0. The SMILES string of the molecule is C=CCOC12Oc3ccc(OC(=O)NCCCCCCCCCCCC)cc3C3C(CCCCO)C(CCCCO)C=C(C(=NOCc4ccc([N+](=O)[O-])cc4)CC1N(Cc1ccc(F)cc1)C(=O)CCC1CCCC1)C32. The summed E-state index contributed by atoms with van der Waals surface area (Å²) in [5.74, 6) is -1.84. The van der Waals surface area contributed by atoms with E-state index in [0.717, 1.165) is 87.3 Å². The van der Waals surface area contributed by atoms with Gasteiger partial charge in [-0.3, -0.25) is 14.9 Å². The highest BCUT2D eigenvalue weighted by molar-refractivity contribution is 6.03. The zero-order valence-electron chi connectivity index (χ0n) is 45.6. The number of hydrogen-bond donors (Lipinski definition) is 3. The van der Waals surface area contributed by atoms with E-state index < -0.39 is 34.6 Å². The van der Waals surface area contributed by atoms with Crippen LogP contribution in [-0.4, -0.2) is 75.9 Å². The minimum Gasteiger partial charge on any atom is -0.459 e. The predicted octanol–water partition coefficient (Wildman–Crippen LogP) is 13.6. The maximum Gasteiger partial charge on any atom is 0.412 e. The molecule has 0 saturated heterocycles. The Morgan fingerprint density at radius 2 is 1.56 bits per heavy atom. The summed E-state index contributed by atoms with van der Waals surface area (Å²) in [5.41, 5.74) is 3.59. The molecule has 77 heavy (non-hydrogen) atoms. The van der Waals surface area contributed by atoms with Gasteiger partial charge in [0.1, 0.15) is 30.0 Å². The molecule has 420 valence electrons. The van der Waals surface area contributed by atoms with Gasteiger partial charge in [0.25, 0.3) is 5.69 Å². The highest BCUT2D eigenvalue weighted by Crippen LogP contribution is 2.62. The van der Waals surface area contributed by atoms with Gasteiger partial charge in [0.15, 0.2) is 0 Å². The number of amides is 2. The van der Waals surface area contributed by atoms with E-state index in [0.29, 0.717) is 54.5 Å². The second kappa shape index (κ2) is 30.5. The van der Waals surface area contributed by atoms with Crippen molar-refractivity contribution in [2.24, 2.45) is 28.8 Å². The number of non-ortho nitro benzene ring substituents is 1. The molecule has 6 unspecified atom stereocenters. The van der Waals surface area contributed by atoms with Crippen LogP contribution in [0.1, 0.15) is 177 Å². The maximum atomic E-state index is 15.3. The van der Waals surface area contributed by atoms with Crippen LogP contribution >= 0.6 is 0 Å². The summed E-state index contributed by atoms with van der Waals surface area (Å²) in [5, 5.41) is 39.6. The van der Waals surface area contributed by atoms with E-state index in [4.69, 9.17) is 24.2 Å². The van der Waals surface area contributed by atoms with Crippen molar-refractivity contribution in [3.05, 3.63) is 124 Å². The Balaban J connectivity index is 1.30. The molecule has 3 N–H and O–H groups in total. The van der Waals surface area contributed by atoms with Crippen LogP contribution in [0.25, 0.3) is 0 Å². The lowest BCUT2D eigenvalue weighted by atomic mass is 9.55. The summed E-state index contributed by atoms with van der Waals surface area (Å²) in [7, 11) is 0. The molecule has 3 aliphatic carbocycles. The number of nitrogens with zero attached hydrogens (tertiary/aromatic N) is 3. The number of carbonyl (C=O) groups excluding carboxylic acids is 2. The standard InChI is InChI=1S/C62H85FN4O10/c1-3-5-6-7-8-9-10-11-12-17-36-64-61(71)76-51-33-34-56-54(41-51)59-52(23-16-19-38-69)48(22-15-18-37-68)40-53-55(65-75-44-47-26-31-50(32-27-47)67(72)73)42-57(62(77-56,60(53)59)74-39-4-2)66(43-46-24-29-49(63)30-25-46)58(70)35-28-45-20-13-14-21-45/h4,24-27,29-34,40-41,45,48,52,57,59-60,68-69H,2-3,5-23,28,35-39,42-44H2,1H3,(H,64,71). The molecule has 0 spiro atoms. The van der Waals surface area contributed by atoms with Crippen LogP contribution in [0, 0.1) is 39.6 Å². The number of carbonyl (C=O) groups is 2.